The summed E-state index contributed by atoms with van der Waals surface area (Å²) in [6, 6.07) is 2.12. The lowest BCUT2D eigenvalue weighted by Crippen LogP contribution is -2.18. The summed E-state index contributed by atoms with van der Waals surface area (Å²) in [5.41, 5.74) is 1.09. The monoisotopic (exact) mass is 326 g/mol. The van der Waals surface area contributed by atoms with Crippen LogP contribution in [0.2, 0.25) is 0 Å². The number of nitrogens with one attached hydrogen (secondary N) is 1. The summed E-state index contributed by atoms with van der Waals surface area (Å²) in [4.78, 5) is 12.1. The number of hydrogen-bond acceptors (Lipinski definition) is 5. The highest BCUT2D eigenvalue weighted by Gasteiger charge is 2.06. The molecule has 1 N–H and O–H groups in total. The molecule has 0 aliphatic carbocycles. The highest BCUT2D eigenvalue weighted by atomic mass is 79.9. The molecule has 96 valence electrons. The zero-order chi connectivity index (χ0) is 13.0. The highest BCUT2D eigenvalue weighted by molar-refractivity contribution is 9.10. The van der Waals surface area contributed by atoms with E-state index in [-0.39, 0.29) is 0 Å². The summed E-state index contributed by atoms with van der Waals surface area (Å²) in [5.74, 6) is 0.749. The molecule has 0 amide bonds. The quantitative estimate of drug-likeness (QED) is 0.917. The molecule has 0 radical (unpaired) electrons. The first kappa shape index (κ1) is 13.5. The van der Waals surface area contributed by atoms with Crippen molar-refractivity contribution in [1.29, 1.82) is 0 Å². The fourth-order valence-corrected chi connectivity index (χ4v) is 3.09. The SMILES string of the molecule is CNCc1cnc(N(C)Cc2cc(Br)cs2)nc1. The van der Waals surface area contributed by atoms with Gasteiger partial charge in [-0.05, 0) is 29.0 Å². The second kappa shape index (κ2) is 6.26. The zero-order valence-corrected chi connectivity index (χ0v) is 12.8. The summed E-state index contributed by atoms with van der Waals surface area (Å²) in [6.07, 6.45) is 3.72. The molecule has 0 saturated carbocycles. The van der Waals surface area contributed by atoms with Gasteiger partial charge in [0.2, 0.25) is 5.95 Å². The molecular formula is C12H15BrN4S. The number of rotatable bonds is 5. The van der Waals surface area contributed by atoms with E-state index in [9.17, 15) is 0 Å². The summed E-state index contributed by atoms with van der Waals surface area (Å²) in [7, 11) is 3.91. The lowest BCUT2D eigenvalue weighted by atomic mass is 10.3. The smallest absolute Gasteiger partial charge is 0.225 e. The van der Waals surface area contributed by atoms with Gasteiger partial charge in [-0.2, -0.15) is 0 Å². The zero-order valence-electron chi connectivity index (χ0n) is 10.4. The Morgan fingerprint density at radius 2 is 2.11 bits per heavy atom. The number of anilines is 1. The first-order valence-corrected chi connectivity index (χ1v) is 7.26. The Bertz CT molecular complexity index is 497. The van der Waals surface area contributed by atoms with Gasteiger partial charge in [0.05, 0.1) is 6.54 Å². The van der Waals surface area contributed by atoms with Crippen LogP contribution in [0.25, 0.3) is 0 Å². The topological polar surface area (TPSA) is 41.1 Å². The van der Waals surface area contributed by atoms with E-state index in [0.717, 1.165) is 29.1 Å². The molecule has 2 aromatic heterocycles. The normalized spacial score (nSPS) is 10.6. The van der Waals surface area contributed by atoms with Crippen LogP contribution in [0.4, 0.5) is 5.95 Å². The molecule has 18 heavy (non-hydrogen) atoms. The molecular weight excluding hydrogens is 312 g/mol. The number of thiophene rings is 1. The molecule has 0 bridgehead atoms. The van der Waals surface area contributed by atoms with Crippen LogP contribution < -0.4 is 10.2 Å². The second-order valence-electron chi connectivity index (χ2n) is 4.01. The minimum Gasteiger partial charge on any atom is -0.339 e. The van der Waals surface area contributed by atoms with Gasteiger partial charge in [-0.1, -0.05) is 0 Å². The van der Waals surface area contributed by atoms with Gasteiger partial charge in [-0.15, -0.1) is 11.3 Å². The number of aromatic nitrogens is 2. The van der Waals surface area contributed by atoms with E-state index in [1.165, 1.54) is 4.88 Å². The Morgan fingerprint density at radius 1 is 1.39 bits per heavy atom. The average Bonchev–Trinajstić information content (AvgIpc) is 2.76. The van der Waals surface area contributed by atoms with E-state index >= 15 is 0 Å². The van der Waals surface area contributed by atoms with E-state index in [1.807, 2.05) is 31.4 Å². The van der Waals surface area contributed by atoms with E-state index in [4.69, 9.17) is 0 Å². The van der Waals surface area contributed by atoms with Gasteiger partial charge in [0, 0.05) is 46.3 Å². The summed E-state index contributed by atoms with van der Waals surface area (Å²) in [6.45, 7) is 1.61. The van der Waals surface area contributed by atoms with Crippen molar-refractivity contribution in [3.8, 4) is 0 Å². The Hall–Kier alpha value is -0.980. The molecule has 6 heteroatoms. The Balaban J connectivity index is 2.02. The van der Waals surface area contributed by atoms with Gasteiger partial charge < -0.3 is 10.2 Å². The van der Waals surface area contributed by atoms with Crippen LogP contribution in [0.15, 0.2) is 28.3 Å². The maximum atomic E-state index is 4.37. The van der Waals surface area contributed by atoms with Crippen LogP contribution in [-0.4, -0.2) is 24.1 Å². The van der Waals surface area contributed by atoms with Gasteiger partial charge in [-0.3, -0.25) is 0 Å². The maximum absolute atomic E-state index is 4.37. The van der Waals surface area contributed by atoms with Crippen molar-refractivity contribution in [2.75, 3.05) is 19.0 Å². The van der Waals surface area contributed by atoms with Crippen LogP contribution >= 0.6 is 27.3 Å². The van der Waals surface area contributed by atoms with E-state index in [2.05, 4.69) is 42.7 Å². The molecule has 0 saturated heterocycles. The van der Waals surface area contributed by atoms with Crippen molar-refractivity contribution in [1.82, 2.24) is 15.3 Å². The first-order chi connectivity index (χ1) is 8.69. The lowest BCUT2D eigenvalue weighted by Gasteiger charge is -2.15. The Morgan fingerprint density at radius 3 is 2.67 bits per heavy atom. The Labute approximate surface area is 119 Å². The van der Waals surface area contributed by atoms with Crippen molar-refractivity contribution in [2.45, 2.75) is 13.1 Å². The van der Waals surface area contributed by atoms with E-state index < -0.39 is 0 Å². The summed E-state index contributed by atoms with van der Waals surface area (Å²) in [5, 5.41) is 5.16. The molecule has 4 nitrogen and oxygen atoms in total. The van der Waals surface area contributed by atoms with Gasteiger partial charge in [0.15, 0.2) is 0 Å². The number of nitrogens with zero attached hydrogens (tertiary/aromatic N) is 3. The van der Waals surface area contributed by atoms with Crippen LogP contribution in [0.1, 0.15) is 10.4 Å². The van der Waals surface area contributed by atoms with Crippen LogP contribution in [0.3, 0.4) is 0 Å². The average molecular weight is 327 g/mol. The molecule has 2 rings (SSSR count). The third kappa shape index (κ3) is 3.51. The van der Waals surface area contributed by atoms with E-state index in [0.29, 0.717) is 0 Å². The molecule has 0 aliphatic rings. The first-order valence-electron chi connectivity index (χ1n) is 5.58. The summed E-state index contributed by atoms with van der Waals surface area (Å²) < 4.78 is 1.13. The lowest BCUT2D eigenvalue weighted by molar-refractivity contribution is 0.798. The maximum Gasteiger partial charge on any atom is 0.225 e. The predicted octanol–water partition coefficient (Wildman–Crippen LogP) is 2.66. The molecule has 0 atom stereocenters. The van der Waals surface area contributed by atoms with Crippen LogP contribution in [0.5, 0.6) is 0 Å². The van der Waals surface area contributed by atoms with Gasteiger partial charge in [0.1, 0.15) is 0 Å². The van der Waals surface area contributed by atoms with E-state index in [1.54, 1.807) is 11.3 Å². The van der Waals surface area contributed by atoms with Crippen molar-refractivity contribution < 1.29 is 0 Å². The van der Waals surface area contributed by atoms with Crippen molar-refractivity contribution in [3.05, 3.63) is 38.8 Å². The fraction of sp³-hybridized carbons (Fsp3) is 0.333. The van der Waals surface area contributed by atoms with Crippen molar-refractivity contribution >= 4 is 33.2 Å². The third-order valence-corrected chi connectivity index (χ3v) is 4.11. The van der Waals surface area contributed by atoms with Crippen molar-refractivity contribution in [3.63, 3.8) is 0 Å². The van der Waals surface area contributed by atoms with Crippen LogP contribution in [-0.2, 0) is 13.1 Å². The minimum atomic E-state index is 0.749. The molecule has 2 heterocycles. The molecule has 0 fully saturated rings. The standard InChI is InChI=1S/C12H15BrN4S/c1-14-4-9-5-15-12(16-6-9)17(2)7-11-3-10(13)8-18-11/h3,5-6,8,14H,4,7H2,1-2H3. The number of hydrogen-bond donors (Lipinski definition) is 1. The molecule has 0 aromatic carbocycles. The number of halogens is 1. The van der Waals surface area contributed by atoms with Gasteiger partial charge >= 0.3 is 0 Å². The molecule has 2 aromatic rings. The molecule has 0 unspecified atom stereocenters. The molecule has 0 spiro atoms. The van der Waals surface area contributed by atoms with Gasteiger partial charge in [-0.25, -0.2) is 9.97 Å². The van der Waals surface area contributed by atoms with Gasteiger partial charge in [0.25, 0.3) is 0 Å². The third-order valence-electron chi connectivity index (χ3n) is 2.43. The Kier molecular flexibility index (Phi) is 4.68. The van der Waals surface area contributed by atoms with Crippen molar-refractivity contribution in [2.24, 2.45) is 0 Å². The second-order valence-corrected chi connectivity index (χ2v) is 5.92. The summed E-state index contributed by atoms with van der Waals surface area (Å²) >= 11 is 5.19. The predicted molar refractivity (Wildman–Crippen MR) is 78.9 cm³/mol. The molecule has 0 aliphatic heterocycles. The largest absolute Gasteiger partial charge is 0.339 e. The minimum absolute atomic E-state index is 0.749. The fourth-order valence-electron chi connectivity index (χ4n) is 1.58. The highest BCUT2D eigenvalue weighted by Crippen LogP contribution is 2.21. The van der Waals surface area contributed by atoms with Crippen LogP contribution in [0, 0.1) is 0 Å².